The molecule has 4 rings (SSSR count). The molecule has 33 heavy (non-hydrogen) atoms. The number of hydrogen-bond donors (Lipinski definition) is 1. The molecule has 0 bridgehead atoms. The predicted octanol–water partition coefficient (Wildman–Crippen LogP) is 3.72. The topological polar surface area (TPSA) is 101 Å². The highest BCUT2D eigenvalue weighted by Gasteiger charge is 2.35. The second-order valence-corrected chi connectivity index (χ2v) is 10.9. The zero-order valence-electron chi connectivity index (χ0n) is 17.2. The Bertz CT molecular complexity index is 1270. The maximum absolute atomic E-state index is 13.2. The van der Waals surface area contributed by atoms with E-state index >= 15 is 0 Å². The van der Waals surface area contributed by atoms with Gasteiger partial charge in [0, 0.05) is 29.4 Å². The summed E-state index contributed by atoms with van der Waals surface area (Å²) in [5, 5.41) is 3.85. The van der Waals surface area contributed by atoms with Gasteiger partial charge in [0.05, 0.1) is 16.0 Å². The van der Waals surface area contributed by atoms with Gasteiger partial charge in [0.25, 0.3) is 11.8 Å². The van der Waals surface area contributed by atoms with Crippen molar-refractivity contribution in [1.82, 2.24) is 10.2 Å². The molecule has 0 radical (unpaired) electrons. The summed E-state index contributed by atoms with van der Waals surface area (Å²) in [4.78, 5) is 39.1. The van der Waals surface area contributed by atoms with Crippen LogP contribution in [0.4, 0.5) is 0 Å². The molecule has 1 aliphatic rings. The van der Waals surface area contributed by atoms with Crippen molar-refractivity contribution in [2.24, 2.45) is 0 Å². The molecule has 0 unspecified atom stereocenters. The monoisotopic (exact) mass is 502 g/mol. The van der Waals surface area contributed by atoms with Crippen LogP contribution in [0, 0.1) is 0 Å². The largest absolute Gasteiger partial charge is 0.354 e. The lowest BCUT2D eigenvalue weighted by Gasteiger charge is -2.18. The van der Waals surface area contributed by atoms with Crippen LogP contribution in [-0.2, 0) is 14.6 Å². The van der Waals surface area contributed by atoms with Crippen molar-refractivity contribution in [3.8, 4) is 0 Å². The number of nitrogens with one attached hydrogen (secondary N) is 1. The molecule has 2 aromatic carbocycles. The van der Waals surface area contributed by atoms with Crippen molar-refractivity contribution >= 4 is 50.5 Å². The minimum absolute atomic E-state index is 0.0915. The number of sulfone groups is 1. The van der Waals surface area contributed by atoms with E-state index in [4.69, 9.17) is 11.6 Å². The number of benzene rings is 2. The Kier molecular flexibility index (Phi) is 6.64. The van der Waals surface area contributed by atoms with E-state index in [0.717, 1.165) is 4.90 Å². The summed E-state index contributed by atoms with van der Waals surface area (Å²) in [6, 6.07) is 15.8. The third kappa shape index (κ3) is 4.71. The fourth-order valence-electron chi connectivity index (χ4n) is 3.58. The normalized spacial score (nSPS) is 14.3. The van der Waals surface area contributed by atoms with Crippen LogP contribution in [-0.4, -0.2) is 44.1 Å². The molecule has 7 nitrogen and oxygen atoms in total. The fraction of sp³-hybridized carbons (Fsp3) is 0.174. The SMILES string of the molecule is O=C(CCN1C(=O)c2ccccc2C1=O)NC[C@@H](c1cccs1)S(=O)(=O)c1ccc(Cl)cc1. The van der Waals surface area contributed by atoms with Gasteiger partial charge in [0.1, 0.15) is 5.25 Å². The Labute approximate surface area is 199 Å². The third-order valence-electron chi connectivity index (χ3n) is 5.30. The number of imide groups is 1. The lowest BCUT2D eigenvalue weighted by molar-refractivity contribution is -0.121. The first-order valence-electron chi connectivity index (χ1n) is 10.0. The van der Waals surface area contributed by atoms with Gasteiger partial charge < -0.3 is 5.32 Å². The van der Waals surface area contributed by atoms with Gasteiger partial charge in [-0.05, 0) is 47.8 Å². The van der Waals surface area contributed by atoms with E-state index in [1.807, 2.05) is 0 Å². The Balaban J connectivity index is 1.43. The summed E-state index contributed by atoms with van der Waals surface area (Å²) in [6.45, 7) is -0.238. The van der Waals surface area contributed by atoms with Crippen LogP contribution in [0.1, 0.15) is 37.3 Å². The van der Waals surface area contributed by atoms with Gasteiger partial charge in [-0.1, -0.05) is 29.8 Å². The Morgan fingerprint density at radius 2 is 1.61 bits per heavy atom. The van der Waals surface area contributed by atoms with E-state index in [2.05, 4.69) is 5.32 Å². The van der Waals surface area contributed by atoms with Crippen LogP contribution in [0.15, 0.2) is 70.9 Å². The van der Waals surface area contributed by atoms with E-state index < -0.39 is 32.8 Å². The van der Waals surface area contributed by atoms with Gasteiger partial charge in [-0.15, -0.1) is 11.3 Å². The highest BCUT2D eigenvalue weighted by Crippen LogP contribution is 2.32. The fourth-order valence-corrected chi connectivity index (χ4v) is 6.49. The average molecular weight is 503 g/mol. The van der Waals surface area contributed by atoms with E-state index in [-0.39, 0.29) is 24.4 Å². The maximum Gasteiger partial charge on any atom is 0.261 e. The molecule has 1 N–H and O–H groups in total. The molecular weight excluding hydrogens is 484 g/mol. The number of thiophene rings is 1. The Hall–Kier alpha value is -3.01. The summed E-state index contributed by atoms with van der Waals surface area (Å²) in [7, 11) is -3.80. The maximum atomic E-state index is 13.2. The van der Waals surface area contributed by atoms with Crippen LogP contribution in [0.25, 0.3) is 0 Å². The van der Waals surface area contributed by atoms with Crippen molar-refractivity contribution < 1.29 is 22.8 Å². The van der Waals surface area contributed by atoms with Crippen LogP contribution < -0.4 is 5.32 Å². The van der Waals surface area contributed by atoms with Crippen molar-refractivity contribution in [2.45, 2.75) is 16.6 Å². The summed E-state index contributed by atoms with van der Waals surface area (Å²) < 4.78 is 26.5. The second-order valence-electron chi connectivity index (χ2n) is 7.36. The molecule has 2 heterocycles. The van der Waals surface area contributed by atoms with Gasteiger partial charge in [-0.2, -0.15) is 0 Å². The number of nitrogens with zero attached hydrogens (tertiary/aromatic N) is 1. The smallest absolute Gasteiger partial charge is 0.261 e. The van der Waals surface area contributed by atoms with Crippen molar-refractivity contribution in [2.75, 3.05) is 13.1 Å². The van der Waals surface area contributed by atoms with Crippen molar-refractivity contribution in [1.29, 1.82) is 0 Å². The lowest BCUT2D eigenvalue weighted by Crippen LogP contribution is -2.36. The summed E-state index contributed by atoms with van der Waals surface area (Å²) in [5.74, 6) is -1.34. The zero-order valence-corrected chi connectivity index (χ0v) is 19.6. The van der Waals surface area contributed by atoms with Crippen LogP contribution >= 0.6 is 22.9 Å². The van der Waals surface area contributed by atoms with Gasteiger partial charge in [0.15, 0.2) is 9.84 Å². The standard InChI is InChI=1S/C23H19ClN2O5S2/c24-15-7-9-16(10-8-15)33(30,31)20(19-6-3-13-32-19)14-25-21(27)11-12-26-22(28)17-4-1-2-5-18(17)23(26)29/h1-10,13,20H,11-12,14H2,(H,25,27)/t20-/m0/s1. The molecule has 3 amide bonds. The molecule has 1 aliphatic heterocycles. The highest BCUT2D eigenvalue weighted by atomic mass is 35.5. The Morgan fingerprint density at radius 3 is 2.18 bits per heavy atom. The average Bonchev–Trinajstić information content (AvgIpc) is 3.41. The number of fused-ring (bicyclic) bond motifs is 1. The second kappa shape index (κ2) is 9.46. The third-order valence-corrected chi connectivity index (χ3v) is 8.79. The number of hydrogen-bond acceptors (Lipinski definition) is 6. The van der Waals surface area contributed by atoms with Crippen molar-refractivity contribution in [3.05, 3.63) is 87.1 Å². The Morgan fingerprint density at radius 1 is 0.970 bits per heavy atom. The molecule has 3 aromatic rings. The van der Waals surface area contributed by atoms with Crippen LogP contribution in [0.5, 0.6) is 0 Å². The first-order chi connectivity index (χ1) is 15.8. The van der Waals surface area contributed by atoms with Gasteiger partial charge in [-0.25, -0.2) is 8.42 Å². The molecule has 0 saturated carbocycles. The minimum Gasteiger partial charge on any atom is -0.354 e. The number of carbonyl (C=O) groups excluding carboxylic acids is 3. The first kappa shape index (κ1) is 23.2. The lowest BCUT2D eigenvalue weighted by atomic mass is 10.1. The first-order valence-corrected chi connectivity index (χ1v) is 12.8. The number of rotatable bonds is 8. The summed E-state index contributed by atoms with van der Waals surface area (Å²) >= 11 is 7.16. The van der Waals surface area contributed by atoms with E-state index in [1.54, 1.807) is 41.8 Å². The molecule has 10 heteroatoms. The van der Waals surface area contributed by atoms with Crippen molar-refractivity contribution in [3.63, 3.8) is 0 Å². The molecule has 1 atom stereocenters. The molecule has 0 saturated heterocycles. The number of carbonyl (C=O) groups is 3. The molecule has 0 fully saturated rings. The van der Waals surface area contributed by atoms with E-state index in [1.165, 1.54) is 35.6 Å². The molecule has 170 valence electrons. The number of halogens is 1. The molecular formula is C23H19ClN2O5S2. The highest BCUT2D eigenvalue weighted by molar-refractivity contribution is 7.91. The molecule has 1 aromatic heterocycles. The zero-order chi connectivity index (χ0) is 23.6. The molecule has 0 aliphatic carbocycles. The quantitative estimate of drug-likeness (QED) is 0.473. The summed E-state index contributed by atoms with van der Waals surface area (Å²) in [5.41, 5.74) is 0.629. The van der Waals surface area contributed by atoms with Gasteiger partial charge in [0.2, 0.25) is 5.91 Å². The number of amides is 3. The molecule has 0 spiro atoms. The summed E-state index contributed by atoms with van der Waals surface area (Å²) in [6.07, 6.45) is -0.135. The predicted molar refractivity (Wildman–Crippen MR) is 125 cm³/mol. The van der Waals surface area contributed by atoms with Gasteiger partial charge in [-0.3, -0.25) is 19.3 Å². The van der Waals surface area contributed by atoms with E-state index in [9.17, 15) is 22.8 Å². The van der Waals surface area contributed by atoms with Gasteiger partial charge >= 0.3 is 0 Å². The van der Waals surface area contributed by atoms with Crippen LogP contribution in [0.2, 0.25) is 5.02 Å². The van der Waals surface area contributed by atoms with Crippen LogP contribution in [0.3, 0.4) is 0 Å². The van der Waals surface area contributed by atoms with E-state index in [0.29, 0.717) is 21.0 Å². The minimum atomic E-state index is -3.80.